The summed E-state index contributed by atoms with van der Waals surface area (Å²) in [6.45, 7) is 7.91. The minimum atomic E-state index is -0.100. The molecule has 0 heterocycles. The SMILES string of the molecule is CCCN(C)C1CC(C(C)C)CCC1O. The first-order valence-electron chi connectivity index (χ1n) is 6.44. The average molecular weight is 213 g/mol. The summed E-state index contributed by atoms with van der Waals surface area (Å²) in [5.74, 6) is 1.56. The summed E-state index contributed by atoms with van der Waals surface area (Å²) in [6, 6.07) is 0.395. The van der Waals surface area contributed by atoms with Crippen molar-refractivity contribution in [2.75, 3.05) is 13.6 Å². The largest absolute Gasteiger partial charge is 0.391 e. The molecule has 1 aliphatic carbocycles. The fourth-order valence-corrected chi connectivity index (χ4v) is 2.76. The standard InChI is InChI=1S/C13H27NO/c1-5-8-14(4)12-9-11(10(2)3)6-7-13(12)15/h10-13,15H,5-9H2,1-4H3. The predicted octanol–water partition coefficient (Wildman–Crippen LogP) is 2.51. The molecule has 1 saturated carbocycles. The van der Waals surface area contributed by atoms with E-state index in [1.54, 1.807) is 0 Å². The van der Waals surface area contributed by atoms with E-state index in [9.17, 15) is 5.11 Å². The normalized spacial score (nSPS) is 32.6. The Labute approximate surface area is 94.7 Å². The molecule has 2 heteroatoms. The van der Waals surface area contributed by atoms with Crippen molar-refractivity contribution in [1.29, 1.82) is 0 Å². The topological polar surface area (TPSA) is 23.5 Å². The molecule has 1 rings (SSSR count). The molecule has 1 aliphatic rings. The molecule has 0 aromatic rings. The minimum absolute atomic E-state index is 0.100. The average Bonchev–Trinajstić information content (AvgIpc) is 2.18. The number of hydrogen-bond donors (Lipinski definition) is 1. The smallest absolute Gasteiger partial charge is 0.0695 e. The Balaban J connectivity index is 2.52. The van der Waals surface area contributed by atoms with Crippen LogP contribution in [0.2, 0.25) is 0 Å². The number of nitrogens with zero attached hydrogens (tertiary/aromatic N) is 1. The molecule has 1 fully saturated rings. The van der Waals surface area contributed by atoms with Gasteiger partial charge in [-0.25, -0.2) is 0 Å². The number of likely N-dealkylation sites (N-methyl/N-ethyl adjacent to an activating group) is 1. The van der Waals surface area contributed by atoms with Crippen LogP contribution in [-0.2, 0) is 0 Å². The van der Waals surface area contributed by atoms with E-state index in [-0.39, 0.29) is 6.10 Å². The zero-order chi connectivity index (χ0) is 11.4. The van der Waals surface area contributed by atoms with Crippen molar-refractivity contribution in [1.82, 2.24) is 4.90 Å². The van der Waals surface area contributed by atoms with Gasteiger partial charge in [-0.05, 0) is 51.1 Å². The van der Waals surface area contributed by atoms with E-state index in [0.717, 1.165) is 24.8 Å². The van der Waals surface area contributed by atoms with E-state index in [1.807, 2.05) is 0 Å². The maximum Gasteiger partial charge on any atom is 0.0695 e. The molecule has 0 amide bonds. The van der Waals surface area contributed by atoms with Crippen molar-refractivity contribution in [2.24, 2.45) is 11.8 Å². The minimum Gasteiger partial charge on any atom is -0.391 e. The lowest BCUT2D eigenvalue weighted by Crippen LogP contribution is -2.46. The van der Waals surface area contributed by atoms with Gasteiger partial charge in [0.15, 0.2) is 0 Å². The van der Waals surface area contributed by atoms with E-state index >= 15 is 0 Å². The van der Waals surface area contributed by atoms with Crippen LogP contribution in [0.15, 0.2) is 0 Å². The zero-order valence-corrected chi connectivity index (χ0v) is 10.7. The maximum atomic E-state index is 10.0. The molecule has 0 aliphatic heterocycles. The Kier molecular flexibility index (Phi) is 5.07. The molecule has 90 valence electrons. The van der Waals surface area contributed by atoms with Crippen molar-refractivity contribution >= 4 is 0 Å². The number of hydrogen-bond acceptors (Lipinski definition) is 2. The molecule has 2 nitrogen and oxygen atoms in total. The monoisotopic (exact) mass is 213 g/mol. The predicted molar refractivity (Wildman–Crippen MR) is 64.9 cm³/mol. The zero-order valence-electron chi connectivity index (χ0n) is 10.7. The van der Waals surface area contributed by atoms with E-state index < -0.39 is 0 Å². The first-order valence-corrected chi connectivity index (χ1v) is 6.44. The second-order valence-corrected chi connectivity index (χ2v) is 5.43. The van der Waals surface area contributed by atoms with Crippen LogP contribution in [0.5, 0.6) is 0 Å². The molecule has 1 N–H and O–H groups in total. The quantitative estimate of drug-likeness (QED) is 0.775. The van der Waals surface area contributed by atoms with Crippen LogP contribution in [0.3, 0.4) is 0 Å². The van der Waals surface area contributed by atoms with Gasteiger partial charge in [0.25, 0.3) is 0 Å². The van der Waals surface area contributed by atoms with E-state index in [1.165, 1.54) is 19.3 Å². The highest BCUT2D eigenvalue weighted by molar-refractivity contribution is 4.86. The van der Waals surface area contributed by atoms with Crippen LogP contribution in [0, 0.1) is 11.8 Å². The number of rotatable bonds is 4. The second kappa shape index (κ2) is 5.86. The molecular formula is C13H27NO. The van der Waals surface area contributed by atoms with Crippen molar-refractivity contribution in [3.8, 4) is 0 Å². The Morgan fingerprint density at radius 2 is 2.00 bits per heavy atom. The maximum absolute atomic E-state index is 10.0. The second-order valence-electron chi connectivity index (χ2n) is 5.43. The van der Waals surface area contributed by atoms with Gasteiger partial charge in [0.05, 0.1) is 6.10 Å². The summed E-state index contributed by atoms with van der Waals surface area (Å²) < 4.78 is 0. The van der Waals surface area contributed by atoms with Gasteiger partial charge in [-0.2, -0.15) is 0 Å². The third kappa shape index (κ3) is 3.46. The summed E-state index contributed by atoms with van der Waals surface area (Å²) in [5, 5.41) is 10.0. The van der Waals surface area contributed by atoms with Gasteiger partial charge in [0, 0.05) is 6.04 Å². The summed E-state index contributed by atoms with van der Waals surface area (Å²) in [7, 11) is 2.15. The van der Waals surface area contributed by atoms with E-state index in [4.69, 9.17) is 0 Å². The summed E-state index contributed by atoms with van der Waals surface area (Å²) in [6.07, 6.45) is 4.44. The summed E-state index contributed by atoms with van der Waals surface area (Å²) in [5.41, 5.74) is 0. The summed E-state index contributed by atoms with van der Waals surface area (Å²) >= 11 is 0. The Bertz CT molecular complexity index is 181. The molecule has 3 atom stereocenters. The highest BCUT2D eigenvalue weighted by Crippen LogP contribution is 2.32. The highest BCUT2D eigenvalue weighted by atomic mass is 16.3. The van der Waals surface area contributed by atoms with Crippen LogP contribution < -0.4 is 0 Å². The highest BCUT2D eigenvalue weighted by Gasteiger charge is 2.32. The van der Waals surface area contributed by atoms with Gasteiger partial charge in [-0.15, -0.1) is 0 Å². The van der Waals surface area contributed by atoms with Gasteiger partial charge in [0.2, 0.25) is 0 Å². The Morgan fingerprint density at radius 3 is 2.53 bits per heavy atom. The van der Waals surface area contributed by atoms with Gasteiger partial charge in [0.1, 0.15) is 0 Å². The van der Waals surface area contributed by atoms with Crippen LogP contribution in [0.25, 0.3) is 0 Å². The molecule has 0 radical (unpaired) electrons. The lowest BCUT2D eigenvalue weighted by molar-refractivity contribution is 0.00630. The molecule has 3 unspecified atom stereocenters. The molecule has 0 aromatic heterocycles. The van der Waals surface area contributed by atoms with Crippen LogP contribution >= 0.6 is 0 Å². The van der Waals surface area contributed by atoms with Crippen molar-refractivity contribution in [2.45, 2.75) is 58.6 Å². The van der Waals surface area contributed by atoms with Crippen molar-refractivity contribution in [3.63, 3.8) is 0 Å². The Hall–Kier alpha value is -0.0800. The third-order valence-corrected chi connectivity index (χ3v) is 3.91. The first-order chi connectivity index (χ1) is 7.06. The van der Waals surface area contributed by atoms with E-state index in [0.29, 0.717) is 6.04 Å². The molecule has 0 spiro atoms. The van der Waals surface area contributed by atoms with Gasteiger partial charge >= 0.3 is 0 Å². The lowest BCUT2D eigenvalue weighted by Gasteiger charge is -2.40. The van der Waals surface area contributed by atoms with Gasteiger partial charge < -0.3 is 10.0 Å². The third-order valence-electron chi connectivity index (χ3n) is 3.91. The van der Waals surface area contributed by atoms with Crippen molar-refractivity contribution in [3.05, 3.63) is 0 Å². The fraction of sp³-hybridized carbons (Fsp3) is 1.00. The molecule has 0 saturated heterocycles. The van der Waals surface area contributed by atoms with Crippen LogP contribution in [-0.4, -0.2) is 35.7 Å². The van der Waals surface area contributed by atoms with Crippen molar-refractivity contribution < 1.29 is 5.11 Å². The number of aliphatic hydroxyl groups is 1. The first kappa shape index (κ1) is 13.0. The van der Waals surface area contributed by atoms with E-state index in [2.05, 4.69) is 32.7 Å². The lowest BCUT2D eigenvalue weighted by atomic mass is 9.77. The molecule has 15 heavy (non-hydrogen) atoms. The van der Waals surface area contributed by atoms with Gasteiger partial charge in [-0.1, -0.05) is 20.8 Å². The number of aliphatic hydroxyl groups excluding tert-OH is 1. The fourth-order valence-electron chi connectivity index (χ4n) is 2.76. The van der Waals surface area contributed by atoms with Crippen LogP contribution in [0.1, 0.15) is 46.5 Å². The molecular weight excluding hydrogens is 186 g/mol. The molecule has 0 bridgehead atoms. The van der Waals surface area contributed by atoms with Crippen LogP contribution in [0.4, 0.5) is 0 Å². The van der Waals surface area contributed by atoms with Gasteiger partial charge in [-0.3, -0.25) is 0 Å². The summed E-state index contributed by atoms with van der Waals surface area (Å²) in [4.78, 5) is 2.35. The molecule has 0 aromatic carbocycles. The Morgan fingerprint density at radius 1 is 1.33 bits per heavy atom.